The van der Waals surface area contributed by atoms with Crippen LogP contribution in [0.1, 0.15) is 56.2 Å². The first kappa shape index (κ1) is 26.9. The summed E-state index contributed by atoms with van der Waals surface area (Å²) in [6.07, 6.45) is 8.23. The molecule has 0 radical (unpaired) electrons. The number of halogens is 1. The molecule has 5 rings (SSSR count). The van der Waals surface area contributed by atoms with Gasteiger partial charge in [-0.3, -0.25) is 10.00 Å². The van der Waals surface area contributed by atoms with Gasteiger partial charge in [0.05, 0.1) is 0 Å². The van der Waals surface area contributed by atoms with Crippen molar-refractivity contribution in [3.63, 3.8) is 0 Å². The second-order valence-corrected chi connectivity index (χ2v) is 11.1. The minimum Gasteiger partial charge on any atom is -0.342 e. The molecule has 0 spiro atoms. The molecule has 1 aromatic carbocycles. The van der Waals surface area contributed by atoms with Crippen LogP contribution in [-0.4, -0.2) is 45.9 Å². The lowest BCUT2D eigenvalue weighted by atomic mass is 9.85. The maximum atomic E-state index is 13.3. The van der Waals surface area contributed by atoms with Crippen LogP contribution in [0.25, 0.3) is 11.1 Å². The predicted octanol–water partition coefficient (Wildman–Crippen LogP) is 7.24. The number of likely N-dealkylation sites (tertiary alicyclic amines) is 1. The van der Waals surface area contributed by atoms with E-state index in [9.17, 15) is 4.39 Å². The number of nitrogens with zero attached hydrogens (tertiary/aromatic N) is 3. The molecule has 1 aliphatic heterocycles. The van der Waals surface area contributed by atoms with Gasteiger partial charge in [-0.05, 0) is 54.5 Å². The molecule has 3 N–H and O–H groups in total. The summed E-state index contributed by atoms with van der Waals surface area (Å²) in [6.45, 7) is 14.9. The van der Waals surface area contributed by atoms with Crippen molar-refractivity contribution in [1.82, 2.24) is 20.1 Å². The average molecular weight is 527 g/mol. The Morgan fingerprint density at radius 3 is 2.64 bits per heavy atom. The molecule has 3 aromatic rings. The highest BCUT2D eigenvalue weighted by molar-refractivity contribution is 5.65. The van der Waals surface area contributed by atoms with Crippen LogP contribution in [0, 0.1) is 5.92 Å². The number of benzene rings is 1. The van der Waals surface area contributed by atoms with Crippen LogP contribution in [0.4, 0.5) is 16.0 Å². The zero-order chi connectivity index (χ0) is 27.4. The number of pyridine rings is 1. The predicted molar refractivity (Wildman–Crippen MR) is 158 cm³/mol. The van der Waals surface area contributed by atoms with Crippen LogP contribution in [0.3, 0.4) is 0 Å². The molecule has 3 heterocycles. The molecule has 7 heteroatoms. The molecule has 2 fully saturated rings. The summed E-state index contributed by atoms with van der Waals surface area (Å²) in [4.78, 5) is 6.71. The molecule has 204 valence electrons. The van der Waals surface area contributed by atoms with E-state index >= 15 is 0 Å². The van der Waals surface area contributed by atoms with Gasteiger partial charge in [0, 0.05) is 66.4 Å². The second-order valence-electron chi connectivity index (χ2n) is 11.1. The molecular weight excluding hydrogens is 487 g/mol. The molecule has 2 aromatic heterocycles. The fourth-order valence-electron chi connectivity index (χ4n) is 5.29. The fraction of sp³-hybridized carbons (Fsp3) is 0.375. The van der Waals surface area contributed by atoms with E-state index in [-0.39, 0.29) is 5.92 Å². The Balaban J connectivity index is 1.21. The topological polar surface area (TPSA) is 68.9 Å². The van der Waals surface area contributed by atoms with Crippen molar-refractivity contribution in [2.24, 2.45) is 5.92 Å². The number of aromatic amines is 1. The van der Waals surface area contributed by atoms with Gasteiger partial charge in [0.15, 0.2) is 5.82 Å². The Bertz CT molecular complexity index is 1320. The number of H-pyrrole nitrogens is 1. The van der Waals surface area contributed by atoms with E-state index in [0.29, 0.717) is 24.8 Å². The third-order valence-corrected chi connectivity index (χ3v) is 7.47. The maximum Gasteiger partial charge on any atom is 0.152 e. The zero-order valence-corrected chi connectivity index (χ0v) is 23.0. The van der Waals surface area contributed by atoms with Crippen LogP contribution >= 0.6 is 0 Å². The van der Waals surface area contributed by atoms with Crippen molar-refractivity contribution in [2.45, 2.75) is 51.1 Å². The summed E-state index contributed by atoms with van der Waals surface area (Å²) in [7, 11) is 0. The van der Waals surface area contributed by atoms with Gasteiger partial charge in [0.2, 0.25) is 0 Å². The number of alkyl halides is 1. The standard InChI is InChI=1S/C32H39FN6/c1-21(2)32(23(4)36-31-18-29(37-38-31)24-10-11-24)26-9-5-8-25(17-26)27-12-13-30(34-19-27)35-22(3)7-6-15-39-16-14-28(33)20-39/h5-9,12-13,17-19,21,24,28,32H,3-4,10-11,14-16,20H2,1-2H3,(H,34,35)(H2,36,37,38)/b7-6+. The van der Waals surface area contributed by atoms with Crippen LogP contribution in [0.5, 0.6) is 0 Å². The van der Waals surface area contributed by atoms with Crippen molar-refractivity contribution in [3.05, 3.63) is 96.6 Å². The monoisotopic (exact) mass is 526 g/mol. The second kappa shape index (κ2) is 12.0. The number of hydrogen-bond acceptors (Lipinski definition) is 5. The summed E-state index contributed by atoms with van der Waals surface area (Å²) in [5, 5.41) is 14.3. The van der Waals surface area contributed by atoms with Crippen LogP contribution < -0.4 is 10.6 Å². The molecule has 1 saturated heterocycles. The van der Waals surface area contributed by atoms with E-state index in [0.717, 1.165) is 47.2 Å². The molecule has 39 heavy (non-hydrogen) atoms. The number of aromatic nitrogens is 3. The van der Waals surface area contributed by atoms with Gasteiger partial charge >= 0.3 is 0 Å². The first-order valence-electron chi connectivity index (χ1n) is 13.9. The quantitative estimate of drug-likeness (QED) is 0.217. The number of anilines is 2. The highest BCUT2D eigenvalue weighted by Gasteiger charge is 2.26. The largest absolute Gasteiger partial charge is 0.342 e. The summed E-state index contributed by atoms with van der Waals surface area (Å²) >= 11 is 0. The minimum atomic E-state index is -0.697. The Kier molecular flexibility index (Phi) is 8.27. The van der Waals surface area contributed by atoms with E-state index in [4.69, 9.17) is 0 Å². The maximum absolute atomic E-state index is 13.3. The molecule has 1 aliphatic carbocycles. The molecule has 2 aliphatic rings. The number of nitrogens with one attached hydrogen (secondary N) is 3. The lowest BCUT2D eigenvalue weighted by Gasteiger charge is -2.25. The van der Waals surface area contributed by atoms with Crippen LogP contribution in [0.2, 0.25) is 0 Å². The average Bonchev–Trinajstić information content (AvgIpc) is 3.52. The molecule has 1 saturated carbocycles. The molecule has 2 atom stereocenters. The van der Waals surface area contributed by atoms with Crippen molar-refractivity contribution in [1.29, 1.82) is 0 Å². The first-order valence-corrected chi connectivity index (χ1v) is 13.9. The normalized spacial score (nSPS) is 18.5. The molecule has 0 bridgehead atoms. The van der Waals surface area contributed by atoms with Gasteiger partial charge in [0.1, 0.15) is 12.0 Å². The van der Waals surface area contributed by atoms with Crippen LogP contribution in [-0.2, 0) is 0 Å². The Hall–Kier alpha value is -3.71. The summed E-state index contributed by atoms with van der Waals surface area (Å²) in [5.41, 5.74) is 6.25. The van der Waals surface area contributed by atoms with Gasteiger partial charge < -0.3 is 10.6 Å². The van der Waals surface area contributed by atoms with Gasteiger partial charge in [-0.25, -0.2) is 9.37 Å². The van der Waals surface area contributed by atoms with E-state index in [1.54, 1.807) is 0 Å². The summed E-state index contributed by atoms with van der Waals surface area (Å²) in [6, 6.07) is 14.7. The molecular formula is C32H39FN6. The van der Waals surface area contributed by atoms with Crippen molar-refractivity contribution in [3.8, 4) is 11.1 Å². The lowest BCUT2D eigenvalue weighted by molar-refractivity contribution is 0.306. The first-order chi connectivity index (χ1) is 18.9. The Morgan fingerprint density at radius 2 is 1.95 bits per heavy atom. The Labute approximate surface area is 231 Å². The van der Waals surface area contributed by atoms with Crippen molar-refractivity contribution < 1.29 is 4.39 Å². The highest BCUT2D eigenvalue weighted by Crippen LogP contribution is 2.40. The van der Waals surface area contributed by atoms with Crippen LogP contribution in [0.15, 0.2) is 85.4 Å². The zero-order valence-electron chi connectivity index (χ0n) is 23.0. The summed E-state index contributed by atoms with van der Waals surface area (Å²) in [5.74, 6) is 2.69. The molecule has 6 nitrogen and oxygen atoms in total. The van der Waals surface area contributed by atoms with Gasteiger partial charge in [-0.2, -0.15) is 5.10 Å². The SMILES string of the molecule is C=C(/C=C/CN1CCC(F)C1)Nc1ccc(-c2cccc(C(C(=C)Nc3cc(C4CC4)[nH]n3)C(C)C)c2)cn1. The van der Waals surface area contributed by atoms with E-state index < -0.39 is 6.17 Å². The van der Waals surface area contributed by atoms with Gasteiger partial charge in [-0.1, -0.05) is 57.3 Å². The number of allylic oxidation sites excluding steroid dienone is 2. The van der Waals surface area contributed by atoms with E-state index in [1.165, 1.54) is 24.1 Å². The number of rotatable bonds is 12. The third kappa shape index (κ3) is 7.03. The van der Waals surface area contributed by atoms with Crippen molar-refractivity contribution >= 4 is 11.6 Å². The number of hydrogen-bond donors (Lipinski definition) is 3. The molecule has 2 unspecified atom stereocenters. The van der Waals surface area contributed by atoms with Crippen molar-refractivity contribution in [2.75, 3.05) is 30.3 Å². The summed E-state index contributed by atoms with van der Waals surface area (Å²) < 4.78 is 13.3. The Morgan fingerprint density at radius 1 is 1.10 bits per heavy atom. The lowest BCUT2D eigenvalue weighted by Crippen LogP contribution is -2.20. The van der Waals surface area contributed by atoms with Gasteiger partial charge in [0.25, 0.3) is 0 Å². The molecule has 0 amide bonds. The minimum absolute atomic E-state index is 0.131. The van der Waals surface area contributed by atoms with E-state index in [2.05, 4.69) is 94.1 Å². The third-order valence-electron chi connectivity index (χ3n) is 7.47. The highest BCUT2D eigenvalue weighted by atomic mass is 19.1. The van der Waals surface area contributed by atoms with E-state index in [1.807, 2.05) is 24.4 Å². The smallest absolute Gasteiger partial charge is 0.152 e. The van der Waals surface area contributed by atoms with Gasteiger partial charge in [-0.15, -0.1) is 0 Å². The fourth-order valence-corrected chi connectivity index (χ4v) is 5.29.